The van der Waals surface area contributed by atoms with Gasteiger partial charge < -0.3 is 5.11 Å². The Bertz CT molecular complexity index is 644. The van der Waals surface area contributed by atoms with E-state index in [-0.39, 0.29) is 5.82 Å². The van der Waals surface area contributed by atoms with E-state index in [0.717, 1.165) is 12.1 Å². The monoisotopic (exact) mass is 315 g/mol. The van der Waals surface area contributed by atoms with E-state index in [1.807, 2.05) is 13.8 Å². The molecule has 0 aliphatic heterocycles. The molecular weight excluding hydrogens is 289 g/mol. The Kier molecular flexibility index (Phi) is 5.55. The molecule has 0 unspecified atom stereocenters. The molecule has 2 rings (SSSR count). The third-order valence-electron chi connectivity index (χ3n) is 3.82. The van der Waals surface area contributed by atoms with Gasteiger partial charge in [0.15, 0.2) is 0 Å². The van der Waals surface area contributed by atoms with Crippen LogP contribution in [-0.2, 0) is 13.1 Å². The van der Waals surface area contributed by atoms with Crippen LogP contribution in [0.4, 0.5) is 4.39 Å². The van der Waals surface area contributed by atoms with Crippen LogP contribution < -0.4 is 0 Å². The maximum absolute atomic E-state index is 13.1. The lowest BCUT2D eigenvalue weighted by molar-refractivity contribution is 0.0306. The molecule has 0 spiro atoms. The predicted molar refractivity (Wildman–Crippen MR) is 92.7 cm³/mol. The predicted octanol–water partition coefficient (Wildman–Crippen LogP) is 4.22. The van der Waals surface area contributed by atoms with Crippen molar-refractivity contribution in [3.63, 3.8) is 0 Å². The fraction of sp³-hybridized carbons (Fsp3) is 0.400. The third kappa shape index (κ3) is 5.77. The number of benzene rings is 2. The highest BCUT2D eigenvalue weighted by Gasteiger charge is 2.19. The zero-order valence-electron chi connectivity index (χ0n) is 14.4. The van der Waals surface area contributed by atoms with Gasteiger partial charge in [-0.25, -0.2) is 4.39 Å². The summed E-state index contributed by atoms with van der Waals surface area (Å²) in [6.07, 6.45) is 0. The molecule has 0 amide bonds. The van der Waals surface area contributed by atoms with Gasteiger partial charge in [-0.2, -0.15) is 0 Å². The minimum atomic E-state index is -0.779. The number of aliphatic hydroxyl groups is 1. The second-order valence-electron chi connectivity index (χ2n) is 7.01. The molecule has 124 valence electrons. The van der Waals surface area contributed by atoms with Gasteiger partial charge in [-0.05, 0) is 56.5 Å². The maximum atomic E-state index is 13.1. The molecule has 0 aromatic heterocycles. The van der Waals surface area contributed by atoms with E-state index in [1.165, 1.54) is 28.8 Å². The molecule has 0 fully saturated rings. The summed E-state index contributed by atoms with van der Waals surface area (Å²) in [7, 11) is 0. The average molecular weight is 315 g/mol. The minimum absolute atomic E-state index is 0.225. The summed E-state index contributed by atoms with van der Waals surface area (Å²) in [5.74, 6) is -0.225. The van der Waals surface area contributed by atoms with Gasteiger partial charge >= 0.3 is 0 Å². The SMILES string of the molecule is Cc1ccc(CN(Cc2ccc(F)cc2)CC(C)(C)O)c(C)c1. The molecule has 2 aromatic carbocycles. The Hall–Kier alpha value is -1.71. The molecule has 0 aliphatic rings. The van der Waals surface area contributed by atoms with Crippen LogP contribution in [0, 0.1) is 19.7 Å². The highest BCUT2D eigenvalue weighted by atomic mass is 19.1. The number of hydrogen-bond acceptors (Lipinski definition) is 2. The first-order chi connectivity index (χ1) is 10.7. The number of hydrogen-bond donors (Lipinski definition) is 1. The Morgan fingerprint density at radius 1 is 1.00 bits per heavy atom. The Morgan fingerprint density at radius 2 is 1.65 bits per heavy atom. The van der Waals surface area contributed by atoms with Crippen molar-refractivity contribution in [3.8, 4) is 0 Å². The zero-order valence-corrected chi connectivity index (χ0v) is 14.4. The Balaban J connectivity index is 2.18. The van der Waals surface area contributed by atoms with Crippen molar-refractivity contribution in [1.29, 1.82) is 0 Å². The van der Waals surface area contributed by atoms with Crippen molar-refractivity contribution < 1.29 is 9.50 Å². The molecule has 1 N–H and O–H groups in total. The van der Waals surface area contributed by atoms with Crippen molar-refractivity contribution in [2.75, 3.05) is 6.54 Å². The normalized spacial score (nSPS) is 12.0. The van der Waals surface area contributed by atoms with Gasteiger partial charge in [0.25, 0.3) is 0 Å². The molecule has 2 aromatic rings. The minimum Gasteiger partial charge on any atom is -0.389 e. The van der Waals surface area contributed by atoms with Gasteiger partial charge in [-0.15, -0.1) is 0 Å². The van der Waals surface area contributed by atoms with E-state index in [1.54, 1.807) is 12.1 Å². The van der Waals surface area contributed by atoms with Gasteiger partial charge in [-0.1, -0.05) is 35.9 Å². The second-order valence-corrected chi connectivity index (χ2v) is 7.01. The first-order valence-corrected chi connectivity index (χ1v) is 7.98. The molecule has 0 heterocycles. The van der Waals surface area contributed by atoms with Crippen LogP contribution in [0.5, 0.6) is 0 Å². The van der Waals surface area contributed by atoms with Crippen molar-refractivity contribution in [2.24, 2.45) is 0 Å². The first-order valence-electron chi connectivity index (χ1n) is 7.98. The third-order valence-corrected chi connectivity index (χ3v) is 3.82. The van der Waals surface area contributed by atoms with E-state index >= 15 is 0 Å². The number of halogens is 1. The average Bonchev–Trinajstić information content (AvgIpc) is 2.43. The van der Waals surface area contributed by atoms with E-state index in [9.17, 15) is 9.50 Å². The van der Waals surface area contributed by atoms with Gasteiger partial charge in [0.2, 0.25) is 0 Å². The Labute approximate surface area is 138 Å². The summed E-state index contributed by atoms with van der Waals surface area (Å²) >= 11 is 0. The molecule has 0 bridgehead atoms. The highest BCUT2D eigenvalue weighted by molar-refractivity contribution is 5.30. The molecule has 0 radical (unpaired) electrons. The quantitative estimate of drug-likeness (QED) is 0.863. The summed E-state index contributed by atoms with van der Waals surface area (Å²) in [5, 5.41) is 10.2. The van der Waals surface area contributed by atoms with Crippen LogP contribution >= 0.6 is 0 Å². The van der Waals surface area contributed by atoms with Crippen LogP contribution in [0.2, 0.25) is 0 Å². The van der Waals surface area contributed by atoms with Gasteiger partial charge in [0, 0.05) is 19.6 Å². The fourth-order valence-corrected chi connectivity index (χ4v) is 2.83. The van der Waals surface area contributed by atoms with Gasteiger partial charge in [0.1, 0.15) is 5.82 Å². The first kappa shape index (κ1) is 17.6. The molecule has 2 nitrogen and oxygen atoms in total. The van der Waals surface area contributed by atoms with E-state index in [2.05, 4.69) is 36.9 Å². The van der Waals surface area contributed by atoms with Crippen molar-refractivity contribution in [3.05, 3.63) is 70.5 Å². The molecule has 23 heavy (non-hydrogen) atoms. The fourth-order valence-electron chi connectivity index (χ4n) is 2.83. The van der Waals surface area contributed by atoms with Crippen molar-refractivity contribution in [1.82, 2.24) is 4.90 Å². The second kappa shape index (κ2) is 7.24. The van der Waals surface area contributed by atoms with Crippen molar-refractivity contribution >= 4 is 0 Å². The van der Waals surface area contributed by atoms with Crippen molar-refractivity contribution in [2.45, 2.75) is 46.4 Å². The van der Waals surface area contributed by atoms with Crippen LogP contribution in [0.25, 0.3) is 0 Å². The molecule has 0 aliphatic carbocycles. The maximum Gasteiger partial charge on any atom is 0.123 e. The topological polar surface area (TPSA) is 23.5 Å². The Morgan fingerprint density at radius 3 is 2.22 bits per heavy atom. The zero-order chi connectivity index (χ0) is 17.0. The van der Waals surface area contributed by atoms with E-state index in [0.29, 0.717) is 13.1 Å². The van der Waals surface area contributed by atoms with Crippen LogP contribution in [0.1, 0.15) is 36.1 Å². The van der Waals surface area contributed by atoms with Gasteiger partial charge in [-0.3, -0.25) is 4.90 Å². The standard InChI is InChI=1S/C20H26FNO/c1-15-5-8-18(16(2)11-15)13-22(14-20(3,4)23)12-17-6-9-19(21)10-7-17/h5-11,23H,12-14H2,1-4H3. The number of aryl methyl sites for hydroxylation is 2. The number of rotatable bonds is 6. The highest BCUT2D eigenvalue weighted by Crippen LogP contribution is 2.18. The molecule has 3 heteroatoms. The summed E-state index contributed by atoms with van der Waals surface area (Å²) in [6.45, 7) is 9.81. The largest absolute Gasteiger partial charge is 0.389 e. The summed E-state index contributed by atoms with van der Waals surface area (Å²) in [5.41, 5.74) is 4.02. The lowest BCUT2D eigenvalue weighted by Crippen LogP contribution is -2.38. The molecular formula is C20H26FNO. The van der Waals surface area contributed by atoms with E-state index < -0.39 is 5.60 Å². The molecule has 0 saturated carbocycles. The summed E-state index contributed by atoms with van der Waals surface area (Å²) in [6, 6.07) is 13.0. The molecule has 0 saturated heterocycles. The smallest absolute Gasteiger partial charge is 0.123 e. The summed E-state index contributed by atoms with van der Waals surface area (Å²) < 4.78 is 13.1. The van der Waals surface area contributed by atoms with Crippen LogP contribution in [0.15, 0.2) is 42.5 Å². The van der Waals surface area contributed by atoms with E-state index in [4.69, 9.17) is 0 Å². The lowest BCUT2D eigenvalue weighted by Gasteiger charge is -2.29. The van der Waals surface area contributed by atoms with Crippen LogP contribution in [0.3, 0.4) is 0 Å². The molecule has 0 atom stereocenters. The number of nitrogens with zero attached hydrogens (tertiary/aromatic N) is 1. The van der Waals surface area contributed by atoms with Gasteiger partial charge in [0.05, 0.1) is 5.60 Å². The van der Waals surface area contributed by atoms with Crippen LogP contribution in [-0.4, -0.2) is 22.2 Å². The lowest BCUT2D eigenvalue weighted by atomic mass is 10.0. The summed E-state index contributed by atoms with van der Waals surface area (Å²) in [4.78, 5) is 2.20.